The molecule has 1 N–H and O–H groups in total. The number of hydrogen-bond acceptors (Lipinski definition) is 3. The van der Waals surface area contributed by atoms with Crippen molar-refractivity contribution >= 4 is 16.8 Å². The summed E-state index contributed by atoms with van der Waals surface area (Å²) in [5.41, 5.74) is 4.00. The summed E-state index contributed by atoms with van der Waals surface area (Å²) in [6, 6.07) is 6.49. The van der Waals surface area contributed by atoms with Crippen molar-refractivity contribution < 1.29 is 9.18 Å². The molecule has 2 aromatic heterocycles. The van der Waals surface area contributed by atoms with E-state index in [4.69, 9.17) is 0 Å². The van der Waals surface area contributed by atoms with Gasteiger partial charge in [0.05, 0.1) is 0 Å². The van der Waals surface area contributed by atoms with Gasteiger partial charge in [-0.1, -0.05) is 0 Å². The molecule has 1 aliphatic rings. The topological polar surface area (TPSA) is 61.9 Å². The third-order valence-electron chi connectivity index (χ3n) is 5.07. The minimum atomic E-state index is -0.299. The molecule has 6 heteroatoms. The van der Waals surface area contributed by atoms with Crippen LogP contribution in [0.2, 0.25) is 0 Å². The van der Waals surface area contributed by atoms with E-state index in [9.17, 15) is 9.18 Å². The summed E-state index contributed by atoms with van der Waals surface area (Å²) in [5.74, 6) is 0.616. The number of carbonyl (C=O) groups is 1. The quantitative estimate of drug-likeness (QED) is 0.766. The van der Waals surface area contributed by atoms with Gasteiger partial charge in [-0.3, -0.25) is 4.79 Å². The second kappa shape index (κ2) is 6.20. The number of fused-ring (bicyclic) bond motifs is 1. The fraction of sp³-hybridized carbons (Fsp3) is 0.350. The molecule has 0 aliphatic carbocycles. The van der Waals surface area contributed by atoms with E-state index in [0.29, 0.717) is 18.8 Å². The summed E-state index contributed by atoms with van der Waals surface area (Å²) in [4.78, 5) is 27.1. The molecule has 3 aromatic rings. The maximum atomic E-state index is 13.5. The summed E-state index contributed by atoms with van der Waals surface area (Å²) in [6.07, 6.45) is 0.850. The fourth-order valence-electron chi connectivity index (χ4n) is 3.76. The summed E-state index contributed by atoms with van der Waals surface area (Å²) >= 11 is 0. The predicted molar refractivity (Wildman–Crippen MR) is 97.8 cm³/mol. The molecule has 1 aliphatic heterocycles. The van der Waals surface area contributed by atoms with Crippen molar-refractivity contribution in [2.45, 2.75) is 33.1 Å². The first-order chi connectivity index (χ1) is 12.4. The highest BCUT2D eigenvalue weighted by atomic mass is 19.1. The zero-order valence-electron chi connectivity index (χ0n) is 15.1. The number of nitrogens with one attached hydrogen (secondary N) is 1. The van der Waals surface area contributed by atoms with Gasteiger partial charge in [0, 0.05) is 41.3 Å². The van der Waals surface area contributed by atoms with Crippen molar-refractivity contribution in [3.63, 3.8) is 0 Å². The van der Waals surface area contributed by atoms with Crippen molar-refractivity contribution in [2.75, 3.05) is 13.1 Å². The lowest BCUT2D eigenvalue weighted by atomic mass is 10.1. The van der Waals surface area contributed by atoms with Gasteiger partial charge >= 0.3 is 0 Å². The van der Waals surface area contributed by atoms with Gasteiger partial charge in [-0.2, -0.15) is 0 Å². The Morgan fingerprint density at radius 2 is 1.92 bits per heavy atom. The molecule has 1 fully saturated rings. The Kier molecular flexibility index (Phi) is 3.98. The second-order valence-corrected chi connectivity index (χ2v) is 7.06. The van der Waals surface area contributed by atoms with Crippen LogP contribution in [0.15, 0.2) is 24.3 Å². The molecule has 1 aromatic carbocycles. The number of likely N-dealkylation sites (tertiary alicyclic amines) is 1. The average Bonchev–Trinajstić information content (AvgIpc) is 3.19. The SMILES string of the molecule is Cc1cc(C)nc([C@@H]2CCN(C(=O)c3[nH]c4ccc(F)cc4c3C)C2)n1. The van der Waals surface area contributed by atoms with E-state index >= 15 is 0 Å². The Labute approximate surface area is 151 Å². The molecular formula is C20H21FN4O. The Hall–Kier alpha value is -2.76. The van der Waals surface area contributed by atoms with Gasteiger partial charge in [0.2, 0.25) is 0 Å². The third kappa shape index (κ3) is 2.85. The summed E-state index contributed by atoms with van der Waals surface area (Å²) in [5, 5.41) is 0.752. The van der Waals surface area contributed by atoms with Gasteiger partial charge in [0.15, 0.2) is 0 Å². The first kappa shape index (κ1) is 16.7. The maximum absolute atomic E-state index is 13.5. The maximum Gasteiger partial charge on any atom is 0.270 e. The largest absolute Gasteiger partial charge is 0.350 e. The average molecular weight is 352 g/mol. The number of nitrogens with zero attached hydrogens (tertiary/aromatic N) is 3. The van der Waals surface area contributed by atoms with Crippen molar-refractivity contribution in [1.82, 2.24) is 19.9 Å². The van der Waals surface area contributed by atoms with E-state index in [2.05, 4.69) is 15.0 Å². The van der Waals surface area contributed by atoms with E-state index in [0.717, 1.165) is 40.1 Å². The van der Waals surface area contributed by atoms with E-state index in [-0.39, 0.29) is 17.6 Å². The van der Waals surface area contributed by atoms with Gasteiger partial charge in [0.25, 0.3) is 5.91 Å². The van der Waals surface area contributed by atoms with E-state index < -0.39 is 0 Å². The molecule has 26 heavy (non-hydrogen) atoms. The van der Waals surface area contributed by atoms with Crippen LogP contribution < -0.4 is 0 Å². The molecule has 3 heterocycles. The highest BCUT2D eigenvalue weighted by molar-refractivity contribution is 6.01. The van der Waals surface area contributed by atoms with Gasteiger partial charge < -0.3 is 9.88 Å². The lowest BCUT2D eigenvalue weighted by molar-refractivity contribution is 0.0785. The van der Waals surface area contributed by atoms with Crippen LogP contribution in [-0.2, 0) is 0 Å². The minimum absolute atomic E-state index is 0.0500. The summed E-state index contributed by atoms with van der Waals surface area (Å²) in [6.45, 7) is 7.05. The van der Waals surface area contributed by atoms with Gasteiger partial charge in [-0.15, -0.1) is 0 Å². The summed E-state index contributed by atoms with van der Waals surface area (Å²) < 4.78 is 13.5. The third-order valence-corrected chi connectivity index (χ3v) is 5.07. The normalized spacial score (nSPS) is 17.2. The number of aromatic amines is 1. The molecule has 5 nitrogen and oxygen atoms in total. The first-order valence-corrected chi connectivity index (χ1v) is 8.81. The number of rotatable bonds is 2. The van der Waals surface area contributed by atoms with Gasteiger partial charge in [0.1, 0.15) is 17.3 Å². The Bertz CT molecular complexity index is 990. The Balaban J connectivity index is 1.59. The molecular weight excluding hydrogens is 331 g/mol. The zero-order chi connectivity index (χ0) is 18.4. The van der Waals surface area contributed by atoms with Crippen LogP contribution in [0.5, 0.6) is 0 Å². The van der Waals surface area contributed by atoms with Crippen molar-refractivity contribution in [1.29, 1.82) is 0 Å². The molecule has 1 atom stereocenters. The van der Waals surface area contributed by atoms with E-state index in [1.165, 1.54) is 12.1 Å². The highest BCUT2D eigenvalue weighted by Gasteiger charge is 2.31. The van der Waals surface area contributed by atoms with Crippen LogP contribution in [0.4, 0.5) is 4.39 Å². The van der Waals surface area contributed by atoms with Crippen LogP contribution in [0.3, 0.4) is 0 Å². The molecule has 134 valence electrons. The monoisotopic (exact) mass is 352 g/mol. The molecule has 0 saturated carbocycles. The Morgan fingerprint density at radius 1 is 1.19 bits per heavy atom. The first-order valence-electron chi connectivity index (χ1n) is 8.81. The minimum Gasteiger partial charge on any atom is -0.350 e. The number of benzene rings is 1. The van der Waals surface area contributed by atoms with Crippen LogP contribution in [0.25, 0.3) is 10.9 Å². The molecule has 0 bridgehead atoms. The second-order valence-electron chi connectivity index (χ2n) is 7.06. The molecule has 1 amide bonds. The van der Waals surface area contributed by atoms with E-state index in [1.807, 2.05) is 31.7 Å². The fourth-order valence-corrected chi connectivity index (χ4v) is 3.76. The number of aryl methyl sites for hydroxylation is 3. The lowest BCUT2D eigenvalue weighted by Crippen LogP contribution is -2.29. The molecule has 0 spiro atoms. The van der Waals surface area contributed by atoms with Crippen molar-refractivity contribution in [3.8, 4) is 0 Å². The van der Waals surface area contributed by atoms with Gasteiger partial charge in [-0.25, -0.2) is 14.4 Å². The standard InChI is InChI=1S/C20H21FN4O/c1-11-8-12(2)23-19(22-11)14-6-7-25(10-14)20(26)18-13(3)16-9-15(21)4-5-17(16)24-18/h4-5,8-9,14,24H,6-7,10H2,1-3H3/t14-/m1/s1. The number of aromatic nitrogens is 3. The number of carbonyl (C=O) groups excluding carboxylic acids is 1. The van der Waals surface area contributed by atoms with Crippen LogP contribution in [0.1, 0.15) is 45.6 Å². The molecule has 0 radical (unpaired) electrons. The Morgan fingerprint density at radius 3 is 2.65 bits per heavy atom. The number of hydrogen-bond donors (Lipinski definition) is 1. The molecule has 1 saturated heterocycles. The molecule has 0 unspecified atom stereocenters. The zero-order valence-corrected chi connectivity index (χ0v) is 15.1. The van der Waals surface area contributed by atoms with Crippen LogP contribution in [0, 0.1) is 26.6 Å². The molecule has 4 rings (SSSR count). The van der Waals surface area contributed by atoms with E-state index in [1.54, 1.807) is 6.07 Å². The number of halogens is 1. The number of amides is 1. The van der Waals surface area contributed by atoms with Gasteiger partial charge in [-0.05, 0) is 57.0 Å². The predicted octanol–water partition coefficient (Wildman–Crippen LogP) is 3.65. The van der Waals surface area contributed by atoms with Crippen LogP contribution >= 0.6 is 0 Å². The van der Waals surface area contributed by atoms with Crippen LogP contribution in [-0.4, -0.2) is 38.8 Å². The smallest absolute Gasteiger partial charge is 0.270 e. The lowest BCUT2D eigenvalue weighted by Gasteiger charge is -2.16. The number of H-pyrrole nitrogens is 1. The van der Waals surface area contributed by atoms with Crippen molar-refractivity contribution in [3.05, 3.63) is 58.6 Å². The highest BCUT2D eigenvalue weighted by Crippen LogP contribution is 2.29. The summed E-state index contributed by atoms with van der Waals surface area (Å²) in [7, 11) is 0. The van der Waals surface area contributed by atoms with Crippen molar-refractivity contribution in [2.24, 2.45) is 0 Å².